The van der Waals surface area contributed by atoms with Gasteiger partial charge in [-0.05, 0) is 12.0 Å². The highest BCUT2D eigenvalue weighted by Crippen LogP contribution is 2.11. The summed E-state index contributed by atoms with van der Waals surface area (Å²) in [6.45, 7) is 6.52. The Hall–Kier alpha value is -1.44. The number of hydrogen-bond acceptors (Lipinski definition) is 4. The van der Waals surface area contributed by atoms with Gasteiger partial charge in [-0.15, -0.1) is 0 Å². The Kier molecular flexibility index (Phi) is 6.15. The van der Waals surface area contributed by atoms with Crippen molar-refractivity contribution in [1.29, 1.82) is 0 Å². The summed E-state index contributed by atoms with van der Waals surface area (Å²) in [7, 11) is -3.73. The topological polar surface area (TPSA) is 69.7 Å². The first-order chi connectivity index (χ1) is 10.9. The Morgan fingerprint density at radius 2 is 1.78 bits per heavy atom. The molecule has 0 aromatic heterocycles. The molecule has 128 valence electrons. The van der Waals surface area contributed by atoms with Crippen LogP contribution in [0.3, 0.4) is 0 Å². The van der Waals surface area contributed by atoms with Crippen molar-refractivity contribution in [3.63, 3.8) is 0 Å². The quantitative estimate of drug-likeness (QED) is 0.846. The molecule has 1 aliphatic heterocycles. The summed E-state index contributed by atoms with van der Waals surface area (Å²) in [4.78, 5) is 14.0. The summed E-state index contributed by atoms with van der Waals surface area (Å²) in [5, 5.41) is 0. The van der Waals surface area contributed by atoms with Crippen molar-refractivity contribution in [1.82, 2.24) is 13.9 Å². The summed E-state index contributed by atoms with van der Waals surface area (Å²) in [5.74, 6) is -0.733. The number of amides is 1. The van der Waals surface area contributed by atoms with Gasteiger partial charge in [0, 0.05) is 38.6 Å². The monoisotopic (exact) mass is 339 g/mol. The van der Waals surface area contributed by atoms with Crippen LogP contribution in [-0.2, 0) is 21.5 Å². The highest BCUT2D eigenvalue weighted by molar-refractivity contribution is 7.87. The van der Waals surface area contributed by atoms with Crippen molar-refractivity contribution in [3.05, 3.63) is 35.9 Å². The molecule has 0 bridgehead atoms. The zero-order chi connectivity index (χ0) is 16.9. The van der Waals surface area contributed by atoms with Crippen LogP contribution in [0.25, 0.3) is 0 Å². The highest BCUT2D eigenvalue weighted by Gasteiger charge is 2.29. The average Bonchev–Trinajstić information content (AvgIpc) is 2.55. The Bertz CT molecular complexity index is 611. The minimum absolute atomic E-state index is 0.302. The molecule has 1 amide bonds. The Morgan fingerprint density at radius 1 is 1.17 bits per heavy atom. The van der Waals surface area contributed by atoms with Gasteiger partial charge in [0.2, 0.25) is 5.91 Å². The standard InChI is InChI=1S/C16H25N3O3S/c1-3-14(2)16(20)17-23(21,22)19-11-9-18(10-12-19)13-15-7-5-4-6-8-15/h4-8,14H,3,9-13H2,1-2H3,(H,17,20). The second-order valence-electron chi connectivity index (χ2n) is 5.94. The van der Waals surface area contributed by atoms with Crippen molar-refractivity contribution < 1.29 is 13.2 Å². The molecule has 1 N–H and O–H groups in total. The molecular formula is C16H25N3O3S. The predicted molar refractivity (Wildman–Crippen MR) is 89.8 cm³/mol. The number of nitrogens with one attached hydrogen (secondary N) is 1. The molecule has 2 rings (SSSR count). The van der Waals surface area contributed by atoms with Crippen LogP contribution < -0.4 is 4.72 Å². The molecule has 1 aromatic carbocycles. The Labute approximate surface area is 138 Å². The van der Waals surface area contributed by atoms with Crippen LogP contribution in [0.4, 0.5) is 0 Å². The van der Waals surface area contributed by atoms with E-state index < -0.39 is 16.1 Å². The van der Waals surface area contributed by atoms with Crippen LogP contribution in [0.1, 0.15) is 25.8 Å². The van der Waals surface area contributed by atoms with Gasteiger partial charge in [0.05, 0.1) is 0 Å². The first-order valence-electron chi connectivity index (χ1n) is 8.00. The lowest BCUT2D eigenvalue weighted by Crippen LogP contribution is -2.53. The number of hydrogen-bond donors (Lipinski definition) is 1. The molecule has 0 aliphatic carbocycles. The summed E-state index contributed by atoms with van der Waals surface area (Å²) in [5.41, 5.74) is 1.22. The van der Waals surface area contributed by atoms with Crippen molar-refractivity contribution in [3.8, 4) is 0 Å². The first-order valence-corrected chi connectivity index (χ1v) is 9.44. The molecule has 0 spiro atoms. The second-order valence-corrected chi connectivity index (χ2v) is 7.61. The SMILES string of the molecule is CCC(C)C(=O)NS(=O)(=O)N1CCN(Cc2ccccc2)CC1. The van der Waals surface area contributed by atoms with Crippen LogP contribution in [-0.4, -0.2) is 49.7 Å². The summed E-state index contributed by atoms with van der Waals surface area (Å²) < 4.78 is 28.1. The molecule has 7 heteroatoms. The highest BCUT2D eigenvalue weighted by atomic mass is 32.2. The van der Waals surface area contributed by atoms with E-state index in [-0.39, 0.29) is 5.92 Å². The van der Waals surface area contributed by atoms with Crippen molar-refractivity contribution in [2.75, 3.05) is 26.2 Å². The number of carbonyl (C=O) groups excluding carboxylic acids is 1. The summed E-state index contributed by atoms with van der Waals surface area (Å²) in [6, 6.07) is 10.1. The molecule has 6 nitrogen and oxygen atoms in total. The minimum Gasteiger partial charge on any atom is -0.296 e. The molecule has 1 aliphatic rings. The molecule has 1 fully saturated rings. The zero-order valence-electron chi connectivity index (χ0n) is 13.7. The molecule has 1 aromatic rings. The van der Waals surface area contributed by atoms with Crippen molar-refractivity contribution in [2.24, 2.45) is 5.92 Å². The average molecular weight is 339 g/mol. The van der Waals surface area contributed by atoms with Gasteiger partial charge in [-0.2, -0.15) is 12.7 Å². The van der Waals surface area contributed by atoms with Gasteiger partial charge in [0.15, 0.2) is 0 Å². The van der Waals surface area contributed by atoms with E-state index in [1.54, 1.807) is 6.92 Å². The molecule has 0 radical (unpaired) electrons. The maximum Gasteiger partial charge on any atom is 0.303 e. The van der Waals surface area contributed by atoms with E-state index in [1.165, 1.54) is 9.87 Å². The summed E-state index contributed by atoms with van der Waals surface area (Å²) in [6.07, 6.45) is 0.617. The number of benzene rings is 1. The van der Waals surface area contributed by atoms with Gasteiger partial charge >= 0.3 is 10.2 Å². The predicted octanol–water partition coefficient (Wildman–Crippen LogP) is 1.21. The van der Waals surface area contributed by atoms with Crippen LogP contribution in [0.2, 0.25) is 0 Å². The van der Waals surface area contributed by atoms with Gasteiger partial charge in [-0.1, -0.05) is 44.2 Å². The third kappa shape index (κ3) is 5.02. The van der Waals surface area contributed by atoms with Crippen LogP contribution >= 0.6 is 0 Å². The van der Waals surface area contributed by atoms with Gasteiger partial charge in [0.25, 0.3) is 0 Å². The van der Waals surface area contributed by atoms with E-state index in [2.05, 4.69) is 21.8 Å². The van der Waals surface area contributed by atoms with Crippen LogP contribution in [0, 0.1) is 5.92 Å². The van der Waals surface area contributed by atoms with Gasteiger partial charge < -0.3 is 0 Å². The lowest BCUT2D eigenvalue weighted by molar-refractivity contribution is -0.122. The molecule has 1 saturated heterocycles. The summed E-state index contributed by atoms with van der Waals surface area (Å²) >= 11 is 0. The van der Waals surface area contributed by atoms with Crippen molar-refractivity contribution >= 4 is 16.1 Å². The van der Waals surface area contributed by atoms with Gasteiger partial charge in [-0.25, -0.2) is 4.72 Å². The lowest BCUT2D eigenvalue weighted by atomic mass is 10.1. The molecule has 1 unspecified atom stereocenters. The third-order valence-electron chi connectivity index (χ3n) is 4.21. The van der Waals surface area contributed by atoms with E-state index in [0.717, 1.165) is 6.54 Å². The molecule has 1 heterocycles. The molecule has 0 saturated carbocycles. The number of piperazine rings is 1. The van der Waals surface area contributed by atoms with Crippen LogP contribution in [0.15, 0.2) is 30.3 Å². The van der Waals surface area contributed by atoms with E-state index in [9.17, 15) is 13.2 Å². The lowest BCUT2D eigenvalue weighted by Gasteiger charge is -2.33. The van der Waals surface area contributed by atoms with E-state index in [1.807, 2.05) is 25.1 Å². The maximum absolute atomic E-state index is 12.3. The van der Waals surface area contributed by atoms with E-state index in [0.29, 0.717) is 32.6 Å². The fourth-order valence-electron chi connectivity index (χ4n) is 2.45. The van der Waals surface area contributed by atoms with Crippen molar-refractivity contribution in [2.45, 2.75) is 26.8 Å². The minimum atomic E-state index is -3.73. The zero-order valence-corrected chi connectivity index (χ0v) is 14.6. The third-order valence-corrected chi connectivity index (χ3v) is 5.71. The largest absolute Gasteiger partial charge is 0.303 e. The number of rotatable bonds is 6. The van der Waals surface area contributed by atoms with E-state index >= 15 is 0 Å². The molecule has 1 atom stereocenters. The fraction of sp³-hybridized carbons (Fsp3) is 0.562. The smallest absolute Gasteiger partial charge is 0.296 e. The normalized spacial score (nSPS) is 18.5. The second kappa shape index (κ2) is 7.90. The van der Waals surface area contributed by atoms with Gasteiger partial charge in [0.1, 0.15) is 0 Å². The number of nitrogens with zero attached hydrogens (tertiary/aromatic N) is 2. The number of carbonyl (C=O) groups is 1. The van der Waals surface area contributed by atoms with Crippen LogP contribution in [0.5, 0.6) is 0 Å². The fourth-order valence-corrected chi connectivity index (χ4v) is 3.68. The Morgan fingerprint density at radius 3 is 2.35 bits per heavy atom. The van der Waals surface area contributed by atoms with E-state index in [4.69, 9.17) is 0 Å². The maximum atomic E-state index is 12.3. The molecular weight excluding hydrogens is 314 g/mol. The Balaban J connectivity index is 1.87. The molecule has 23 heavy (non-hydrogen) atoms. The first kappa shape index (κ1) is 17.9. The van der Waals surface area contributed by atoms with Gasteiger partial charge in [-0.3, -0.25) is 9.69 Å².